The first-order valence-electron chi connectivity index (χ1n) is 5.68. The van der Waals surface area contributed by atoms with Gasteiger partial charge < -0.3 is 20.3 Å². The first-order valence-corrected chi connectivity index (χ1v) is 8.10. The fourth-order valence-electron chi connectivity index (χ4n) is 1.53. The zero-order valence-electron chi connectivity index (χ0n) is 10.6. The zero-order chi connectivity index (χ0) is 14.8. The van der Waals surface area contributed by atoms with Crippen molar-refractivity contribution >= 4 is 32.6 Å². The number of anilines is 1. The molecule has 1 atom stereocenters. The Labute approximate surface area is 120 Å². The number of aliphatic hydroxyl groups is 2. The van der Waals surface area contributed by atoms with Gasteiger partial charge in [0.25, 0.3) is 10.0 Å². The van der Waals surface area contributed by atoms with Crippen LogP contribution in [0.5, 0.6) is 5.75 Å². The first kappa shape index (κ1) is 15.1. The van der Waals surface area contributed by atoms with Crippen molar-refractivity contribution in [3.8, 4) is 5.75 Å². The third-order valence-corrected chi connectivity index (χ3v) is 4.98. The Morgan fingerprint density at radius 2 is 2.25 bits per heavy atom. The normalized spacial score (nSPS) is 17.6. The second-order valence-electron chi connectivity index (χ2n) is 4.01. The van der Waals surface area contributed by atoms with Crippen molar-refractivity contribution < 1.29 is 23.4 Å². The van der Waals surface area contributed by atoms with E-state index in [9.17, 15) is 13.5 Å². The number of hydrogen-bond donors (Lipinski definition) is 3. The molecule has 0 radical (unpaired) electrons. The number of rotatable bonds is 4. The number of sulfonamides is 1. The van der Waals surface area contributed by atoms with E-state index in [1.54, 1.807) is 12.1 Å². The van der Waals surface area contributed by atoms with Crippen LogP contribution >= 0.6 is 11.8 Å². The molecule has 3 N–H and O–H groups in total. The van der Waals surface area contributed by atoms with E-state index in [-0.39, 0.29) is 22.4 Å². The van der Waals surface area contributed by atoms with Gasteiger partial charge in [0.15, 0.2) is 5.17 Å². The lowest BCUT2D eigenvalue weighted by molar-refractivity contribution is 0.114. The number of methoxy groups -OCH3 is 1. The summed E-state index contributed by atoms with van der Waals surface area (Å²) in [5.74, 6) is 0.569. The molecule has 0 fully saturated rings. The molecule has 0 spiro atoms. The fraction of sp³-hybridized carbons (Fsp3) is 0.364. The number of nitrogens with one attached hydrogen (secondary N) is 1. The van der Waals surface area contributed by atoms with Crippen LogP contribution in [0.1, 0.15) is 0 Å². The summed E-state index contributed by atoms with van der Waals surface area (Å²) in [7, 11) is -2.35. The van der Waals surface area contributed by atoms with E-state index < -0.39 is 16.1 Å². The summed E-state index contributed by atoms with van der Waals surface area (Å²) in [6.45, 7) is -0.388. The summed E-state index contributed by atoms with van der Waals surface area (Å²) in [6, 6.07) is 4.62. The molecule has 1 aliphatic heterocycles. The minimum atomic E-state index is -3.80. The maximum Gasteiger partial charge on any atom is 0.286 e. The molecule has 20 heavy (non-hydrogen) atoms. The minimum absolute atomic E-state index is 0.0453. The standard InChI is InChI=1S/C11H14N2O5S2/c1-18-8-2-3-9-10(4-8)20(16,17)13-11(12-9)19-6-7(15)5-14/h2-4,7,14-15H,5-6H2,1H3,(H,12,13). The molecule has 1 aliphatic rings. The van der Waals surface area contributed by atoms with Gasteiger partial charge in [-0.2, -0.15) is 8.42 Å². The monoisotopic (exact) mass is 318 g/mol. The van der Waals surface area contributed by atoms with E-state index in [2.05, 4.69) is 9.71 Å². The molecular weight excluding hydrogens is 304 g/mol. The third-order valence-electron chi connectivity index (χ3n) is 2.53. The number of amidine groups is 1. The topological polar surface area (TPSA) is 108 Å². The third kappa shape index (κ3) is 3.23. The Balaban J connectivity index is 2.25. The van der Waals surface area contributed by atoms with Crippen LogP contribution in [-0.4, -0.2) is 49.4 Å². The summed E-state index contributed by atoms with van der Waals surface area (Å²) >= 11 is 1.02. The van der Waals surface area contributed by atoms with Crippen molar-refractivity contribution in [1.29, 1.82) is 0 Å². The van der Waals surface area contributed by atoms with E-state index >= 15 is 0 Å². The number of benzene rings is 1. The van der Waals surface area contributed by atoms with Crippen LogP contribution in [-0.2, 0) is 10.0 Å². The van der Waals surface area contributed by atoms with Crippen molar-refractivity contribution in [2.45, 2.75) is 11.0 Å². The largest absolute Gasteiger partial charge is 0.497 e. The van der Waals surface area contributed by atoms with Crippen LogP contribution in [0.25, 0.3) is 0 Å². The number of fused-ring (bicyclic) bond motifs is 1. The molecule has 1 unspecified atom stereocenters. The minimum Gasteiger partial charge on any atom is -0.497 e. The molecule has 7 nitrogen and oxygen atoms in total. The molecule has 0 aliphatic carbocycles. The molecule has 1 heterocycles. The second kappa shape index (κ2) is 6.00. The Bertz CT molecular complexity index is 630. The predicted molar refractivity (Wildman–Crippen MR) is 76.8 cm³/mol. The van der Waals surface area contributed by atoms with Crippen molar-refractivity contribution in [1.82, 2.24) is 0 Å². The number of thioether (sulfide) groups is 1. The molecule has 0 amide bonds. The molecule has 1 aromatic rings. The van der Waals surface area contributed by atoms with Gasteiger partial charge in [0, 0.05) is 11.8 Å². The van der Waals surface area contributed by atoms with Crippen LogP contribution in [0.3, 0.4) is 0 Å². The van der Waals surface area contributed by atoms with Crippen molar-refractivity contribution in [3.63, 3.8) is 0 Å². The first-order chi connectivity index (χ1) is 9.46. The summed E-state index contributed by atoms with van der Waals surface area (Å²) in [4.78, 5) is 0.0453. The van der Waals surface area contributed by atoms with Crippen LogP contribution in [0.4, 0.5) is 5.69 Å². The summed E-state index contributed by atoms with van der Waals surface area (Å²) in [5, 5.41) is 21.0. The van der Waals surface area contributed by atoms with Gasteiger partial charge >= 0.3 is 0 Å². The predicted octanol–water partition coefficient (Wildman–Crippen LogP) is 0.252. The zero-order valence-corrected chi connectivity index (χ0v) is 12.2. The smallest absolute Gasteiger partial charge is 0.286 e. The molecule has 9 heteroatoms. The van der Waals surface area contributed by atoms with Crippen molar-refractivity contribution in [2.75, 3.05) is 24.8 Å². The van der Waals surface area contributed by atoms with Gasteiger partial charge in [0.1, 0.15) is 10.6 Å². The summed E-state index contributed by atoms with van der Waals surface area (Å²) in [5.41, 5.74) is 0.404. The van der Waals surface area contributed by atoms with Gasteiger partial charge in [-0.05, 0) is 12.1 Å². The average molecular weight is 318 g/mol. The lowest BCUT2D eigenvalue weighted by Gasteiger charge is -2.18. The van der Waals surface area contributed by atoms with Crippen LogP contribution in [0.2, 0.25) is 0 Å². The highest BCUT2D eigenvalue weighted by atomic mass is 32.2. The molecule has 1 aromatic carbocycles. The highest BCUT2D eigenvalue weighted by molar-refractivity contribution is 8.14. The van der Waals surface area contributed by atoms with Crippen LogP contribution in [0, 0.1) is 0 Å². The Morgan fingerprint density at radius 3 is 2.90 bits per heavy atom. The summed E-state index contributed by atoms with van der Waals surface area (Å²) < 4.78 is 32.7. The van der Waals surface area contributed by atoms with Crippen molar-refractivity contribution in [2.24, 2.45) is 4.40 Å². The Morgan fingerprint density at radius 1 is 1.50 bits per heavy atom. The maximum atomic E-state index is 12.1. The summed E-state index contributed by atoms with van der Waals surface area (Å²) in [6.07, 6.45) is -0.926. The van der Waals surface area contributed by atoms with Gasteiger partial charge in [-0.25, -0.2) is 0 Å². The molecule has 0 saturated heterocycles. The lowest BCUT2D eigenvalue weighted by Crippen LogP contribution is -2.22. The molecule has 110 valence electrons. The van der Waals surface area contributed by atoms with E-state index in [0.29, 0.717) is 11.4 Å². The number of aliphatic hydroxyl groups excluding tert-OH is 2. The molecule has 0 bridgehead atoms. The highest BCUT2D eigenvalue weighted by Gasteiger charge is 2.26. The SMILES string of the molecule is COc1ccc2c(c1)S(=O)(=O)N=C(SCC(O)CO)N2. The quantitative estimate of drug-likeness (QED) is 0.730. The van der Waals surface area contributed by atoms with Gasteiger partial charge in [-0.15, -0.1) is 4.40 Å². The number of nitrogens with zero attached hydrogens (tertiary/aromatic N) is 1. The highest BCUT2D eigenvalue weighted by Crippen LogP contribution is 2.32. The van der Waals surface area contributed by atoms with E-state index in [0.717, 1.165) is 11.8 Å². The van der Waals surface area contributed by atoms with Gasteiger partial charge in [-0.3, -0.25) is 0 Å². The molecule has 0 aromatic heterocycles. The maximum absolute atomic E-state index is 12.1. The number of hydrogen-bond acceptors (Lipinski definition) is 7. The van der Waals surface area contributed by atoms with Crippen LogP contribution < -0.4 is 10.1 Å². The van der Waals surface area contributed by atoms with Gasteiger partial charge in [0.05, 0.1) is 25.5 Å². The van der Waals surface area contributed by atoms with Crippen molar-refractivity contribution in [3.05, 3.63) is 18.2 Å². The second-order valence-corrected chi connectivity index (χ2v) is 6.59. The Kier molecular flexibility index (Phi) is 4.53. The fourth-order valence-corrected chi connectivity index (χ4v) is 3.70. The average Bonchev–Trinajstić information content (AvgIpc) is 2.43. The van der Waals surface area contributed by atoms with Crippen LogP contribution in [0.15, 0.2) is 27.5 Å². The van der Waals surface area contributed by atoms with Gasteiger partial charge in [-0.1, -0.05) is 11.8 Å². The number of ether oxygens (including phenoxy) is 1. The molecule has 2 rings (SSSR count). The molecular formula is C11H14N2O5S2. The Hall–Kier alpha value is -1.29. The van der Waals surface area contributed by atoms with E-state index in [1.165, 1.54) is 13.2 Å². The van der Waals surface area contributed by atoms with E-state index in [4.69, 9.17) is 9.84 Å². The molecule has 0 saturated carbocycles. The van der Waals surface area contributed by atoms with E-state index in [1.807, 2.05) is 0 Å². The van der Waals surface area contributed by atoms with Gasteiger partial charge in [0.2, 0.25) is 0 Å². The lowest BCUT2D eigenvalue weighted by atomic mass is 10.3.